The SMILES string of the molecule is CCC(C)(COC)C(=O)OC. The van der Waals surface area contributed by atoms with E-state index in [1.807, 2.05) is 13.8 Å². The first kappa shape index (κ1) is 10.4. The molecular weight excluding hydrogens is 144 g/mol. The highest BCUT2D eigenvalue weighted by molar-refractivity contribution is 5.76. The van der Waals surface area contributed by atoms with E-state index in [9.17, 15) is 4.79 Å². The summed E-state index contributed by atoms with van der Waals surface area (Å²) < 4.78 is 9.56. The van der Waals surface area contributed by atoms with Crippen molar-refractivity contribution in [3.63, 3.8) is 0 Å². The van der Waals surface area contributed by atoms with Crippen LogP contribution in [-0.2, 0) is 14.3 Å². The molecule has 0 rings (SSSR count). The molecule has 0 aromatic heterocycles. The van der Waals surface area contributed by atoms with E-state index in [0.717, 1.165) is 6.42 Å². The van der Waals surface area contributed by atoms with Gasteiger partial charge in [-0.05, 0) is 13.3 Å². The molecular formula is C8H16O3. The van der Waals surface area contributed by atoms with Crippen LogP contribution < -0.4 is 0 Å². The third-order valence-electron chi connectivity index (χ3n) is 1.92. The van der Waals surface area contributed by atoms with Crippen molar-refractivity contribution in [3.05, 3.63) is 0 Å². The third kappa shape index (κ3) is 2.50. The summed E-state index contributed by atoms with van der Waals surface area (Å²) in [5, 5.41) is 0. The van der Waals surface area contributed by atoms with Gasteiger partial charge in [-0.2, -0.15) is 0 Å². The molecule has 0 bridgehead atoms. The molecule has 3 nitrogen and oxygen atoms in total. The molecule has 0 N–H and O–H groups in total. The van der Waals surface area contributed by atoms with Gasteiger partial charge in [0.2, 0.25) is 0 Å². The van der Waals surface area contributed by atoms with Crippen LogP contribution >= 0.6 is 0 Å². The number of hydrogen-bond donors (Lipinski definition) is 0. The van der Waals surface area contributed by atoms with E-state index >= 15 is 0 Å². The smallest absolute Gasteiger partial charge is 0.313 e. The lowest BCUT2D eigenvalue weighted by Gasteiger charge is -2.23. The molecule has 0 aromatic carbocycles. The maximum atomic E-state index is 11.2. The Morgan fingerprint density at radius 3 is 2.27 bits per heavy atom. The molecule has 0 aliphatic rings. The highest BCUT2D eigenvalue weighted by Crippen LogP contribution is 2.22. The van der Waals surface area contributed by atoms with Gasteiger partial charge in [-0.25, -0.2) is 0 Å². The normalized spacial score (nSPS) is 15.6. The Labute approximate surface area is 67.7 Å². The predicted molar refractivity (Wildman–Crippen MR) is 42.3 cm³/mol. The van der Waals surface area contributed by atoms with E-state index in [0.29, 0.717) is 6.61 Å². The van der Waals surface area contributed by atoms with Gasteiger partial charge in [-0.15, -0.1) is 0 Å². The summed E-state index contributed by atoms with van der Waals surface area (Å²) in [5.74, 6) is -0.207. The molecule has 0 radical (unpaired) electrons. The maximum Gasteiger partial charge on any atom is 0.313 e. The summed E-state index contributed by atoms with van der Waals surface area (Å²) in [5.41, 5.74) is -0.483. The van der Waals surface area contributed by atoms with E-state index in [2.05, 4.69) is 4.74 Å². The first-order valence-electron chi connectivity index (χ1n) is 3.68. The fourth-order valence-electron chi connectivity index (χ4n) is 0.870. The summed E-state index contributed by atoms with van der Waals surface area (Å²) >= 11 is 0. The number of rotatable bonds is 4. The number of methoxy groups -OCH3 is 2. The number of hydrogen-bond acceptors (Lipinski definition) is 3. The zero-order chi connectivity index (χ0) is 8.91. The van der Waals surface area contributed by atoms with Crippen LogP contribution in [-0.4, -0.2) is 26.8 Å². The molecule has 0 aliphatic carbocycles. The van der Waals surface area contributed by atoms with Crippen LogP contribution in [0.3, 0.4) is 0 Å². The Balaban J connectivity index is 4.19. The quantitative estimate of drug-likeness (QED) is 0.580. The maximum absolute atomic E-state index is 11.2. The summed E-state index contributed by atoms with van der Waals surface area (Å²) in [4.78, 5) is 11.2. The molecule has 0 heterocycles. The van der Waals surface area contributed by atoms with Gasteiger partial charge < -0.3 is 9.47 Å². The Morgan fingerprint density at radius 1 is 1.45 bits per heavy atom. The molecule has 0 aromatic rings. The minimum absolute atomic E-state index is 0.207. The molecule has 0 amide bonds. The fraction of sp³-hybridized carbons (Fsp3) is 0.875. The number of esters is 1. The minimum Gasteiger partial charge on any atom is -0.469 e. The van der Waals surface area contributed by atoms with Crippen LogP contribution in [0.5, 0.6) is 0 Å². The summed E-state index contributed by atoms with van der Waals surface area (Å²) in [6, 6.07) is 0. The third-order valence-corrected chi connectivity index (χ3v) is 1.92. The van der Waals surface area contributed by atoms with Crippen molar-refractivity contribution in [2.45, 2.75) is 20.3 Å². The molecule has 3 heteroatoms. The number of carbonyl (C=O) groups excluding carboxylic acids is 1. The molecule has 11 heavy (non-hydrogen) atoms. The first-order chi connectivity index (χ1) is 5.10. The highest BCUT2D eigenvalue weighted by atomic mass is 16.5. The van der Waals surface area contributed by atoms with Gasteiger partial charge in [0.15, 0.2) is 0 Å². The van der Waals surface area contributed by atoms with Crippen molar-refractivity contribution in [2.75, 3.05) is 20.8 Å². The second kappa shape index (κ2) is 4.34. The van der Waals surface area contributed by atoms with Gasteiger partial charge in [0.25, 0.3) is 0 Å². The summed E-state index contributed by atoms with van der Waals surface area (Å²) in [6.45, 7) is 4.19. The van der Waals surface area contributed by atoms with Gasteiger partial charge in [0.1, 0.15) is 0 Å². The molecule has 66 valence electrons. The van der Waals surface area contributed by atoms with Crippen molar-refractivity contribution >= 4 is 5.97 Å². The Bertz CT molecular complexity index is 133. The van der Waals surface area contributed by atoms with E-state index < -0.39 is 5.41 Å². The molecule has 0 aliphatic heterocycles. The lowest BCUT2D eigenvalue weighted by atomic mass is 9.89. The van der Waals surface area contributed by atoms with E-state index in [-0.39, 0.29) is 5.97 Å². The van der Waals surface area contributed by atoms with Crippen molar-refractivity contribution in [2.24, 2.45) is 5.41 Å². The standard InChI is InChI=1S/C8H16O3/c1-5-8(2,6-10-3)7(9)11-4/h5-6H2,1-4H3. The summed E-state index contributed by atoms with van der Waals surface area (Å²) in [7, 11) is 2.97. The molecule has 1 unspecified atom stereocenters. The minimum atomic E-state index is -0.483. The van der Waals surface area contributed by atoms with Crippen molar-refractivity contribution in [1.82, 2.24) is 0 Å². The second-order valence-corrected chi connectivity index (χ2v) is 2.84. The largest absolute Gasteiger partial charge is 0.469 e. The van der Waals surface area contributed by atoms with Crippen LogP contribution in [0.4, 0.5) is 0 Å². The molecule has 0 fully saturated rings. The van der Waals surface area contributed by atoms with Gasteiger partial charge in [0.05, 0.1) is 19.1 Å². The van der Waals surface area contributed by atoms with Gasteiger partial charge >= 0.3 is 5.97 Å². The van der Waals surface area contributed by atoms with Crippen molar-refractivity contribution in [3.8, 4) is 0 Å². The Hall–Kier alpha value is -0.570. The fourth-order valence-corrected chi connectivity index (χ4v) is 0.870. The monoisotopic (exact) mass is 160 g/mol. The lowest BCUT2D eigenvalue weighted by Crippen LogP contribution is -2.32. The predicted octanol–water partition coefficient (Wildman–Crippen LogP) is 1.22. The number of ether oxygens (including phenoxy) is 2. The Morgan fingerprint density at radius 2 is 2.00 bits per heavy atom. The summed E-state index contributed by atoms with van der Waals surface area (Å²) in [6.07, 6.45) is 0.730. The van der Waals surface area contributed by atoms with Gasteiger partial charge in [0, 0.05) is 7.11 Å². The van der Waals surface area contributed by atoms with Gasteiger partial charge in [-0.1, -0.05) is 6.92 Å². The van der Waals surface area contributed by atoms with E-state index in [1.165, 1.54) is 7.11 Å². The van der Waals surface area contributed by atoms with E-state index in [1.54, 1.807) is 7.11 Å². The van der Waals surface area contributed by atoms with E-state index in [4.69, 9.17) is 4.74 Å². The second-order valence-electron chi connectivity index (χ2n) is 2.84. The molecule has 1 atom stereocenters. The van der Waals surface area contributed by atoms with Crippen molar-refractivity contribution < 1.29 is 14.3 Å². The van der Waals surface area contributed by atoms with Crippen LogP contribution in [0.1, 0.15) is 20.3 Å². The lowest BCUT2D eigenvalue weighted by molar-refractivity contribution is -0.155. The number of carbonyl (C=O) groups is 1. The first-order valence-corrected chi connectivity index (χ1v) is 3.68. The molecule has 0 saturated carbocycles. The van der Waals surface area contributed by atoms with Crippen molar-refractivity contribution in [1.29, 1.82) is 0 Å². The average Bonchev–Trinajstić information content (AvgIpc) is 2.03. The topological polar surface area (TPSA) is 35.5 Å². The van der Waals surface area contributed by atoms with Crippen LogP contribution in [0.2, 0.25) is 0 Å². The highest BCUT2D eigenvalue weighted by Gasteiger charge is 2.32. The Kier molecular flexibility index (Phi) is 4.11. The van der Waals surface area contributed by atoms with Gasteiger partial charge in [-0.3, -0.25) is 4.79 Å². The zero-order valence-electron chi connectivity index (χ0n) is 7.64. The zero-order valence-corrected chi connectivity index (χ0v) is 7.64. The molecule has 0 saturated heterocycles. The molecule has 0 spiro atoms. The van der Waals surface area contributed by atoms with Crippen LogP contribution in [0, 0.1) is 5.41 Å². The average molecular weight is 160 g/mol. The van der Waals surface area contributed by atoms with Crippen LogP contribution in [0.25, 0.3) is 0 Å². The van der Waals surface area contributed by atoms with Crippen LogP contribution in [0.15, 0.2) is 0 Å².